The van der Waals surface area contributed by atoms with E-state index < -0.39 is 0 Å². The maximum atomic E-state index is 5.01. The first-order chi connectivity index (χ1) is 14.6. The highest BCUT2D eigenvalue weighted by molar-refractivity contribution is 7.13. The second-order valence-electron chi connectivity index (χ2n) is 7.39. The Morgan fingerprint density at radius 1 is 1.13 bits per heavy atom. The molecule has 1 aliphatic heterocycles. The van der Waals surface area contributed by atoms with Crippen LogP contribution in [0, 0.1) is 6.92 Å². The number of aryl methyl sites for hydroxylation is 1. The molecule has 4 aromatic rings. The van der Waals surface area contributed by atoms with Gasteiger partial charge in [-0.25, -0.2) is 24.9 Å². The molecule has 4 aromatic heterocycles. The number of nitrogens with zero attached hydrogens (tertiary/aromatic N) is 9. The largest absolute Gasteiger partial charge is 0.342 e. The van der Waals surface area contributed by atoms with Gasteiger partial charge >= 0.3 is 0 Å². The standard InChI is InChI=1S/C20H21N9S/c1-5-14-19-27-26-12(4)29(19)15-9-23-17(25-18(15)28(14)11(2)3)13-8-21-10-24-16(13)20-22-6-7-30-20/h6-11,14H,5H2,1-4H3/t14-/m1/s1. The van der Waals surface area contributed by atoms with Crippen molar-refractivity contribution < 1.29 is 0 Å². The summed E-state index contributed by atoms with van der Waals surface area (Å²) in [5, 5.41) is 11.5. The zero-order chi connectivity index (χ0) is 20.8. The lowest BCUT2D eigenvalue weighted by Crippen LogP contribution is -2.40. The number of anilines is 1. The molecule has 0 saturated heterocycles. The highest BCUT2D eigenvalue weighted by Gasteiger charge is 2.36. The molecule has 30 heavy (non-hydrogen) atoms. The van der Waals surface area contributed by atoms with Crippen LogP contribution in [0.4, 0.5) is 5.82 Å². The first-order valence-corrected chi connectivity index (χ1v) is 10.8. The van der Waals surface area contributed by atoms with Crippen molar-refractivity contribution in [3.8, 4) is 27.8 Å². The molecular formula is C20H21N9S. The van der Waals surface area contributed by atoms with Gasteiger partial charge in [-0.15, -0.1) is 21.5 Å². The van der Waals surface area contributed by atoms with Crippen molar-refractivity contribution in [2.75, 3.05) is 4.90 Å². The molecule has 0 amide bonds. The van der Waals surface area contributed by atoms with E-state index in [0.29, 0.717) is 5.82 Å². The molecule has 0 unspecified atom stereocenters. The summed E-state index contributed by atoms with van der Waals surface area (Å²) in [5.41, 5.74) is 2.39. The van der Waals surface area contributed by atoms with Crippen LogP contribution >= 0.6 is 11.3 Å². The SMILES string of the molecule is CC[C@@H]1c2nnc(C)n2-c2cnc(-c3cncnc3-c3nccs3)nc2N1C(C)C. The minimum Gasteiger partial charge on any atom is -0.342 e. The first-order valence-electron chi connectivity index (χ1n) is 9.88. The Balaban J connectivity index is 1.73. The van der Waals surface area contributed by atoms with E-state index in [1.54, 1.807) is 12.4 Å². The predicted octanol–water partition coefficient (Wildman–Crippen LogP) is 3.63. The highest BCUT2D eigenvalue weighted by atomic mass is 32.1. The summed E-state index contributed by atoms with van der Waals surface area (Å²) in [4.78, 5) is 25.1. The van der Waals surface area contributed by atoms with Crippen LogP contribution < -0.4 is 4.90 Å². The van der Waals surface area contributed by atoms with E-state index in [4.69, 9.17) is 4.98 Å². The second-order valence-corrected chi connectivity index (χ2v) is 8.29. The van der Waals surface area contributed by atoms with Gasteiger partial charge in [0.1, 0.15) is 28.5 Å². The summed E-state index contributed by atoms with van der Waals surface area (Å²) in [7, 11) is 0. The van der Waals surface area contributed by atoms with Gasteiger partial charge in [-0.3, -0.25) is 4.57 Å². The molecule has 0 fully saturated rings. The van der Waals surface area contributed by atoms with Crippen molar-refractivity contribution in [3.05, 3.63) is 41.9 Å². The molecule has 5 rings (SSSR count). The summed E-state index contributed by atoms with van der Waals surface area (Å²) < 4.78 is 2.06. The van der Waals surface area contributed by atoms with Gasteiger partial charge < -0.3 is 4.90 Å². The Morgan fingerprint density at radius 3 is 2.73 bits per heavy atom. The summed E-state index contributed by atoms with van der Waals surface area (Å²) in [6.45, 7) is 8.45. The third kappa shape index (κ3) is 2.78. The molecule has 0 bridgehead atoms. The lowest BCUT2D eigenvalue weighted by atomic mass is 10.1. The van der Waals surface area contributed by atoms with E-state index in [9.17, 15) is 0 Å². The van der Waals surface area contributed by atoms with Crippen LogP contribution in [0.5, 0.6) is 0 Å². The number of rotatable bonds is 4. The molecule has 0 aromatic carbocycles. The van der Waals surface area contributed by atoms with Crippen LogP contribution in [-0.2, 0) is 0 Å². The average Bonchev–Trinajstić information content (AvgIpc) is 3.42. The summed E-state index contributed by atoms with van der Waals surface area (Å²) in [6, 6.07) is 0.319. The van der Waals surface area contributed by atoms with E-state index >= 15 is 0 Å². The number of thiazole rings is 1. The molecule has 0 aliphatic carbocycles. The Bertz CT molecular complexity index is 1200. The van der Waals surface area contributed by atoms with Gasteiger partial charge in [0.05, 0.1) is 17.8 Å². The molecule has 9 nitrogen and oxygen atoms in total. The first kappa shape index (κ1) is 18.7. The zero-order valence-electron chi connectivity index (χ0n) is 17.2. The Labute approximate surface area is 177 Å². The summed E-state index contributed by atoms with van der Waals surface area (Å²) in [5.74, 6) is 3.20. The minimum atomic E-state index is 0.0897. The maximum Gasteiger partial charge on any atom is 0.165 e. The molecule has 0 spiro atoms. The van der Waals surface area contributed by atoms with Gasteiger partial charge in [-0.05, 0) is 27.2 Å². The van der Waals surface area contributed by atoms with Gasteiger partial charge in [-0.1, -0.05) is 6.92 Å². The van der Waals surface area contributed by atoms with Crippen LogP contribution in [0.3, 0.4) is 0 Å². The highest BCUT2D eigenvalue weighted by Crippen LogP contribution is 2.41. The monoisotopic (exact) mass is 419 g/mol. The average molecular weight is 420 g/mol. The predicted molar refractivity (Wildman–Crippen MR) is 114 cm³/mol. The van der Waals surface area contributed by atoms with Crippen molar-refractivity contribution in [2.45, 2.75) is 46.2 Å². The fourth-order valence-electron chi connectivity index (χ4n) is 4.00. The van der Waals surface area contributed by atoms with Gasteiger partial charge in [-0.2, -0.15) is 0 Å². The van der Waals surface area contributed by atoms with Crippen LogP contribution in [0.1, 0.15) is 44.9 Å². The van der Waals surface area contributed by atoms with Crippen molar-refractivity contribution in [2.24, 2.45) is 0 Å². The van der Waals surface area contributed by atoms with Gasteiger partial charge in [0.2, 0.25) is 0 Å². The van der Waals surface area contributed by atoms with E-state index in [2.05, 4.69) is 60.4 Å². The van der Waals surface area contributed by atoms with Crippen LogP contribution in [-0.4, -0.2) is 45.7 Å². The lowest BCUT2D eigenvalue weighted by Gasteiger charge is -2.39. The van der Waals surface area contributed by atoms with Gasteiger partial charge in [0, 0.05) is 23.8 Å². The van der Waals surface area contributed by atoms with Crippen molar-refractivity contribution in [3.63, 3.8) is 0 Å². The van der Waals surface area contributed by atoms with E-state index in [0.717, 1.165) is 45.8 Å². The van der Waals surface area contributed by atoms with Crippen molar-refractivity contribution in [1.82, 2.24) is 39.7 Å². The van der Waals surface area contributed by atoms with E-state index in [1.165, 1.54) is 17.7 Å². The van der Waals surface area contributed by atoms with Crippen LogP contribution in [0.25, 0.3) is 27.8 Å². The summed E-state index contributed by atoms with van der Waals surface area (Å²) >= 11 is 1.53. The second kappa shape index (κ2) is 7.21. The molecular weight excluding hydrogens is 398 g/mol. The topological polar surface area (TPSA) is 98.4 Å². The van der Waals surface area contributed by atoms with E-state index in [-0.39, 0.29) is 12.1 Å². The zero-order valence-corrected chi connectivity index (χ0v) is 18.0. The van der Waals surface area contributed by atoms with Gasteiger partial charge in [0.15, 0.2) is 17.5 Å². The van der Waals surface area contributed by atoms with Crippen LogP contribution in [0.15, 0.2) is 30.3 Å². The van der Waals surface area contributed by atoms with Crippen LogP contribution in [0.2, 0.25) is 0 Å². The maximum absolute atomic E-state index is 5.01. The normalized spacial score (nSPS) is 15.4. The fourth-order valence-corrected chi connectivity index (χ4v) is 4.64. The minimum absolute atomic E-state index is 0.0897. The molecule has 0 radical (unpaired) electrons. The fraction of sp³-hybridized carbons (Fsp3) is 0.350. The molecule has 10 heteroatoms. The molecule has 1 atom stereocenters. The molecule has 0 saturated carbocycles. The molecule has 1 aliphatic rings. The van der Waals surface area contributed by atoms with E-state index in [1.807, 2.05) is 18.5 Å². The smallest absolute Gasteiger partial charge is 0.165 e. The molecule has 152 valence electrons. The Hall–Kier alpha value is -3.27. The molecule has 0 N–H and O–H groups in total. The summed E-state index contributed by atoms with van der Waals surface area (Å²) in [6.07, 6.45) is 7.79. The quantitative estimate of drug-likeness (QED) is 0.495. The van der Waals surface area contributed by atoms with Crippen molar-refractivity contribution in [1.29, 1.82) is 0 Å². The molecule has 5 heterocycles. The number of hydrogen-bond donors (Lipinski definition) is 0. The third-order valence-electron chi connectivity index (χ3n) is 5.25. The number of fused-ring (bicyclic) bond motifs is 3. The third-order valence-corrected chi connectivity index (χ3v) is 6.03. The lowest BCUT2D eigenvalue weighted by molar-refractivity contribution is 0.496. The Kier molecular flexibility index (Phi) is 4.50. The van der Waals surface area contributed by atoms with Crippen molar-refractivity contribution >= 4 is 17.2 Å². The number of aromatic nitrogens is 8. The Morgan fingerprint density at radius 2 is 2.00 bits per heavy atom. The number of hydrogen-bond acceptors (Lipinski definition) is 9. The van der Waals surface area contributed by atoms with Gasteiger partial charge in [0.25, 0.3) is 0 Å².